The number of amides is 2. The van der Waals surface area contributed by atoms with E-state index in [1.54, 1.807) is 49.6 Å². The van der Waals surface area contributed by atoms with E-state index in [9.17, 15) is 9.59 Å². The second-order valence-electron chi connectivity index (χ2n) is 5.46. The van der Waals surface area contributed by atoms with Gasteiger partial charge < -0.3 is 9.47 Å². The molecule has 2 aromatic carbocycles. The third kappa shape index (κ3) is 7.98. The Morgan fingerprint density at radius 3 is 2.48 bits per heavy atom. The standard InChI is InChI=1S/C19H17Cl2N3O4S/c1-27-14-6-2-12(3-7-14)4-9-17(25)22-19(29)24-23-18(26)11-28-16-8-5-13(20)10-15(16)21/h2-10H,11H2,1H3,(H,23,26)(H2,22,24,25,29)/b9-4+. The maximum absolute atomic E-state index is 11.9. The summed E-state index contributed by atoms with van der Waals surface area (Å²) in [5, 5.41) is 3.06. The molecule has 0 fully saturated rings. The molecule has 0 saturated heterocycles. The van der Waals surface area contributed by atoms with Crippen molar-refractivity contribution in [2.45, 2.75) is 0 Å². The molecule has 3 N–H and O–H groups in total. The summed E-state index contributed by atoms with van der Waals surface area (Å²) in [6.07, 6.45) is 2.92. The van der Waals surface area contributed by atoms with E-state index in [2.05, 4.69) is 16.2 Å². The minimum atomic E-state index is -0.526. The number of hydrogen-bond donors (Lipinski definition) is 3. The maximum Gasteiger partial charge on any atom is 0.276 e. The van der Waals surface area contributed by atoms with Crippen LogP contribution in [0.3, 0.4) is 0 Å². The highest BCUT2D eigenvalue weighted by Gasteiger charge is 2.07. The van der Waals surface area contributed by atoms with Crippen molar-refractivity contribution in [3.8, 4) is 11.5 Å². The molecule has 0 saturated carbocycles. The number of hydrogen-bond acceptors (Lipinski definition) is 5. The first-order valence-corrected chi connectivity index (χ1v) is 9.33. The lowest BCUT2D eigenvalue weighted by molar-refractivity contribution is -0.123. The number of carbonyl (C=O) groups excluding carboxylic acids is 2. The van der Waals surface area contributed by atoms with Crippen LogP contribution in [-0.2, 0) is 9.59 Å². The number of methoxy groups -OCH3 is 1. The summed E-state index contributed by atoms with van der Waals surface area (Å²) in [7, 11) is 1.57. The van der Waals surface area contributed by atoms with Crippen LogP contribution in [0.1, 0.15) is 5.56 Å². The van der Waals surface area contributed by atoms with Crippen LogP contribution in [0.4, 0.5) is 0 Å². The summed E-state index contributed by atoms with van der Waals surface area (Å²) in [5.74, 6) is 0.0407. The zero-order valence-corrected chi connectivity index (χ0v) is 17.5. The van der Waals surface area contributed by atoms with Crippen LogP contribution in [-0.4, -0.2) is 30.6 Å². The van der Waals surface area contributed by atoms with Crippen LogP contribution in [0.2, 0.25) is 10.0 Å². The summed E-state index contributed by atoms with van der Waals surface area (Å²) < 4.78 is 10.3. The van der Waals surface area contributed by atoms with Gasteiger partial charge in [0.15, 0.2) is 11.7 Å². The molecule has 152 valence electrons. The van der Waals surface area contributed by atoms with E-state index in [1.165, 1.54) is 12.1 Å². The highest BCUT2D eigenvalue weighted by molar-refractivity contribution is 7.80. The second kappa shape index (κ2) is 11.3. The Kier molecular flexibility index (Phi) is 8.72. The van der Waals surface area contributed by atoms with Crippen LogP contribution < -0.4 is 25.6 Å². The molecule has 0 unspecified atom stereocenters. The van der Waals surface area contributed by atoms with E-state index in [0.717, 1.165) is 11.3 Å². The molecule has 10 heteroatoms. The van der Waals surface area contributed by atoms with Gasteiger partial charge in [0.1, 0.15) is 11.5 Å². The van der Waals surface area contributed by atoms with Gasteiger partial charge >= 0.3 is 0 Å². The van der Waals surface area contributed by atoms with E-state index in [-0.39, 0.29) is 16.7 Å². The Bertz CT molecular complexity index is 920. The minimum absolute atomic E-state index is 0.0766. The summed E-state index contributed by atoms with van der Waals surface area (Å²) in [5.41, 5.74) is 5.51. The quantitative estimate of drug-likeness (QED) is 0.353. The largest absolute Gasteiger partial charge is 0.497 e. The normalized spacial score (nSPS) is 10.3. The highest BCUT2D eigenvalue weighted by atomic mass is 35.5. The van der Waals surface area contributed by atoms with Crippen molar-refractivity contribution in [2.75, 3.05) is 13.7 Å². The zero-order valence-electron chi connectivity index (χ0n) is 15.2. The molecule has 2 rings (SSSR count). The summed E-state index contributed by atoms with van der Waals surface area (Å²) in [6.45, 7) is -0.317. The Balaban J connectivity index is 1.71. The van der Waals surface area contributed by atoms with Crippen LogP contribution >= 0.6 is 35.4 Å². The van der Waals surface area contributed by atoms with Crippen molar-refractivity contribution in [3.63, 3.8) is 0 Å². The van der Waals surface area contributed by atoms with E-state index in [0.29, 0.717) is 10.8 Å². The van der Waals surface area contributed by atoms with Crippen LogP contribution in [0, 0.1) is 0 Å². The molecule has 0 aliphatic carbocycles. The number of hydrazine groups is 1. The van der Waals surface area contributed by atoms with Crippen molar-refractivity contribution in [1.82, 2.24) is 16.2 Å². The topological polar surface area (TPSA) is 88.7 Å². The van der Waals surface area contributed by atoms with Gasteiger partial charge in [-0.2, -0.15) is 0 Å². The fourth-order valence-corrected chi connectivity index (χ4v) is 2.58. The molecule has 0 spiro atoms. The summed E-state index contributed by atoms with van der Waals surface area (Å²) in [4.78, 5) is 23.6. The van der Waals surface area contributed by atoms with Gasteiger partial charge in [0.25, 0.3) is 5.91 Å². The lowest BCUT2D eigenvalue weighted by atomic mass is 10.2. The van der Waals surface area contributed by atoms with Gasteiger partial charge in [-0.3, -0.25) is 25.8 Å². The van der Waals surface area contributed by atoms with Gasteiger partial charge in [-0.1, -0.05) is 35.3 Å². The average molecular weight is 454 g/mol. The molecule has 2 amide bonds. The van der Waals surface area contributed by atoms with Crippen LogP contribution in [0.5, 0.6) is 11.5 Å². The number of thiocarbonyl (C=S) groups is 1. The van der Waals surface area contributed by atoms with Crippen LogP contribution in [0.15, 0.2) is 48.5 Å². The molecule has 0 aliphatic heterocycles. The van der Waals surface area contributed by atoms with Crippen molar-refractivity contribution < 1.29 is 19.1 Å². The molecule has 0 heterocycles. The number of benzene rings is 2. The number of rotatable bonds is 6. The third-order valence-corrected chi connectivity index (χ3v) is 4.08. The minimum Gasteiger partial charge on any atom is -0.497 e. The van der Waals surface area contributed by atoms with Crippen molar-refractivity contribution in [3.05, 3.63) is 64.1 Å². The van der Waals surface area contributed by atoms with Gasteiger partial charge in [-0.25, -0.2) is 0 Å². The highest BCUT2D eigenvalue weighted by Crippen LogP contribution is 2.27. The number of carbonyl (C=O) groups is 2. The summed E-state index contributed by atoms with van der Waals surface area (Å²) >= 11 is 16.7. The van der Waals surface area contributed by atoms with Crippen molar-refractivity contribution in [2.24, 2.45) is 0 Å². The number of halogens is 2. The van der Waals surface area contributed by atoms with Crippen molar-refractivity contribution >= 4 is 58.4 Å². The SMILES string of the molecule is COc1ccc(/C=C/C(=O)NC(=S)NNC(=O)COc2ccc(Cl)cc2Cl)cc1. The first-order chi connectivity index (χ1) is 13.9. The average Bonchev–Trinajstić information content (AvgIpc) is 2.70. The number of nitrogens with one attached hydrogen (secondary N) is 3. The molecule has 0 aliphatic rings. The Hall–Kier alpha value is -2.81. The predicted octanol–water partition coefficient (Wildman–Crippen LogP) is 3.12. The van der Waals surface area contributed by atoms with Gasteiger partial charge in [0, 0.05) is 11.1 Å². The van der Waals surface area contributed by atoms with E-state index < -0.39 is 11.8 Å². The molecule has 0 bridgehead atoms. The molecule has 0 radical (unpaired) electrons. The predicted molar refractivity (Wildman–Crippen MR) is 116 cm³/mol. The number of ether oxygens (including phenoxy) is 2. The smallest absolute Gasteiger partial charge is 0.276 e. The molecular weight excluding hydrogens is 437 g/mol. The van der Waals surface area contributed by atoms with Gasteiger partial charge in [-0.05, 0) is 54.2 Å². The Morgan fingerprint density at radius 1 is 1.10 bits per heavy atom. The fraction of sp³-hybridized carbons (Fsp3) is 0.105. The lowest BCUT2D eigenvalue weighted by Gasteiger charge is -2.11. The Labute approximate surface area is 182 Å². The first-order valence-electron chi connectivity index (χ1n) is 8.17. The summed E-state index contributed by atoms with van der Waals surface area (Å²) in [6, 6.07) is 11.8. The molecule has 29 heavy (non-hydrogen) atoms. The van der Waals surface area contributed by atoms with Gasteiger partial charge in [-0.15, -0.1) is 0 Å². The van der Waals surface area contributed by atoms with E-state index in [4.69, 9.17) is 44.9 Å². The zero-order chi connectivity index (χ0) is 21.2. The third-order valence-electron chi connectivity index (χ3n) is 3.35. The maximum atomic E-state index is 11.9. The molecule has 0 atom stereocenters. The molecule has 2 aromatic rings. The van der Waals surface area contributed by atoms with Crippen LogP contribution in [0.25, 0.3) is 6.08 Å². The molecule has 7 nitrogen and oxygen atoms in total. The Morgan fingerprint density at radius 2 is 1.83 bits per heavy atom. The molecule has 0 aromatic heterocycles. The molecular formula is C19H17Cl2N3O4S. The lowest BCUT2D eigenvalue weighted by Crippen LogP contribution is -2.49. The van der Waals surface area contributed by atoms with E-state index in [1.807, 2.05) is 0 Å². The van der Waals surface area contributed by atoms with Gasteiger partial charge in [0.05, 0.1) is 12.1 Å². The van der Waals surface area contributed by atoms with Gasteiger partial charge in [0.2, 0.25) is 5.91 Å². The second-order valence-corrected chi connectivity index (χ2v) is 6.71. The fourth-order valence-electron chi connectivity index (χ4n) is 1.97. The van der Waals surface area contributed by atoms with Crippen molar-refractivity contribution in [1.29, 1.82) is 0 Å². The monoisotopic (exact) mass is 453 g/mol. The first kappa shape index (κ1) is 22.5. The van der Waals surface area contributed by atoms with E-state index >= 15 is 0 Å².